The fourth-order valence-electron chi connectivity index (χ4n) is 8.89. The van der Waals surface area contributed by atoms with E-state index in [0.717, 1.165) is 45.6 Å². The van der Waals surface area contributed by atoms with E-state index in [1.807, 2.05) is 0 Å². The minimum absolute atomic E-state index is 0.0490. The van der Waals surface area contributed by atoms with Crippen molar-refractivity contribution < 1.29 is 4.79 Å². The van der Waals surface area contributed by atoms with Gasteiger partial charge in [-0.3, -0.25) is 10.1 Å². The van der Waals surface area contributed by atoms with Crippen LogP contribution in [-0.2, 0) is 10.2 Å². The van der Waals surface area contributed by atoms with Crippen LogP contribution < -0.4 is 20.9 Å². The first kappa shape index (κ1) is 21.1. The predicted molar refractivity (Wildman–Crippen MR) is 135 cm³/mol. The van der Waals surface area contributed by atoms with Crippen LogP contribution in [0.5, 0.6) is 0 Å². The third-order valence-corrected chi connectivity index (χ3v) is 9.90. The number of fused-ring (bicyclic) bond motifs is 8. The van der Waals surface area contributed by atoms with E-state index < -0.39 is 0 Å². The number of nitrogens with one attached hydrogen (secondary N) is 3. The maximum absolute atomic E-state index is 13.9. The van der Waals surface area contributed by atoms with Crippen LogP contribution in [0.4, 0.5) is 11.4 Å². The monoisotopic (exact) mass is 456 g/mol. The third kappa shape index (κ3) is 2.81. The van der Waals surface area contributed by atoms with E-state index in [1.165, 1.54) is 29.8 Å². The van der Waals surface area contributed by atoms with Gasteiger partial charge in [0.15, 0.2) is 0 Å². The number of nitrogens with zero attached hydrogens (tertiary/aromatic N) is 1. The lowest BCUT2D eigenvalue weighted by Crippen LogP contribution is -2.72. The number of hydrogen-bond donors (Lipinski definition) is 3. The SMILES string of the molecule is O=C1C2CNCCC2C2(c3ccccc3N(c3ccccc3)C3NCCCC32)C2CCNCC12. The van der Waals surface area contributed by atoms with E-state index in [1.54, 1.807) is 0 Å². The molecule has 0 radical (unpaired) electrons. The molecule has 178 valence electrons. The fourth-order valence-corrected chi connectivity index (χ4v) is 8.89. The summed E-state index contributed by atoms with van der Waals surface area (Å²) in [5.74, 6) is 2.14. The summed E-state index contributed by atoms with van der Waals surface area (Å²) >= 11 is 0. The second-order valence-electron chi connectivity index (χ2n) is 11.1. The maximum atomic E-state index is 13.9. The zero-order valence-corrected chi connectivity index (χ0v) is 19.9. The summed E-state index contributed by atoms with van der Waals surface area (Å²) in [6, 6.07) is 20.2. The maximum Gasteiger partial charge on any atom is 0.142 e. The van der Waals surface area contributed by atoms with Gasteiger partial charge < -0.3 is 15.5 Å². The van der Waals surface area contributed by atoms with Crippen molar-refractivity contribution in [3.8, 4) is 0 Å². The van der Waals surface area contributed by atoms with Gasteiger partial charge in [0, 0.05) is 47.6 Å². The Morgan fingerprint density at radius 2 is 1.44 bits per heavy atom. The molecule has 2 aromatic rings. The molecule has 34 heavy (non-hydrogen) atoms. The van der Waals surface area contributed by atoms with Gasteiger partial charge in [-0.2, -0.15) is 0 Å². The molecule has 4 fully saturated rings. The summed E-state index contributed by atoms with van der Waals surface area (Å²) in [7, 11) is 0. The number of carbonyl (C=O) groups excluding carboxylic acids is 1. The normalized spacial score (nSPS) is 39.1. The van der Waals surface area contributed by atoms with Gasteiger partial charge >= 0.3 is 0 Å². The quantitative estimate of drug-likeness (QED) is 0.614. The van der Waals surface area contributed by atoms with E-state index in [-0.39, 0.29) is 23.4 Å². The molecule has 5 aliphatic rings. The number of benzene rings is 2. The Balaban J connectivity index is 1.50. The molecule has 7 rings (SSSR count). The van der Waals surface area contributed by atoms with E-state index in [0.29, 0.717) is 23.5 Å². The number of piperidine rings is 3. The molecule has 0 amide bonds. The first-order chi connectivity index (χ1) is 16.8. The van der Waals surface area contributed by atoms with Gasteiger partial charge in [-0.05, 0) is 80.9 Å². The van der Waals surface area contributed by atoms with Crippen LogP contribution in [0.3, 0.4) is 0 Å². The highest BCUT2D eigenvalue weighted by Crippen LogP contribution is 2.64. The molecule has 1 aliphatic carbocycles. The third-order valence-electron chi connectivity index (χ3n) is 9.90. The second-order valence-corrected chi connectivity index (χ2v) is 11.1. The minimum atomic E-state index is 0.0490. The summed E-state index contributed by atoms with van der Waals surface area (Å²) in [6.45, 7) is 4.82. The number of hydrogen-bond acceptors (Lipinski definition) is 5. The summed E-state index contributed by atoms with van der Waals surface area (Å²) < 4.78 is 0. The molecule has 5 heteroatoms. The highest BCUT2D eigenvalue weighted by Gasteiger charge is 2.66. The molecule has 3 N–H and O–H groups in total. The molecule has 6 atom stereocenters. The number of para-hydroxylation sites is 2. The van der Waals surface area contributed by atoms with Crippen LogP contribution >= 0.6 is 0 Å². The van der Waals surface area contributed by atoms with Crippen LogP contribution in [0.25, 0.3) is 0 Å². The van der Waals surface area contributed by atoms with E-state index in [2.05, 4.69) is 75.4 Å². The first-order valence-corrected chi connectivity index (χ1v) is 13.4. The van der Waals surface area contributed by atoms with Crippen LogP contribution in [-0.4, -0.2) is 44.7 Å². The Bertz CT molecular complexity index is 1040. The van der Waals surface area contributed by atoms with Gasteiger partial charge in [-0.25, -0.2) is 0 Å². The van der Waals surface area contributed by atoms with Gasteiger partial charge in [0.05, 0.1) is 6.17 Å². The topological polar surface area (TPSA) is 56.4 Å². The van der Waals surface area contributed by atoms with Crippen molar-refractivity contribution in [2.45, 2.75) is 37.3 Å². The molecule has 4 aliphatic heterocycles. The van der Waals surface area contributed by atoms with Crippen molar-refractivity contribution in [3.05, 3.63) is 60.2 Å². The van der Waals surface area contributed by atoms with Gasteiger partial charge in [0.25, 0.3) is 0 Å². The molecule has 3 saturated heterocycles. The Morgan fingerprint density at radius 1 is 0.765 bits per heavy atom. The van der Waals surface area contributed by atoms with E-state index in [9.17, 15) is 4.79 Å². The van der Waals surface area contributed by atoms with Gasteiger partial charge in [0.1, 0.15) is 5.78 Å². The van der Waals surface area contributed by atoms with Gasteiger partial charge in [-0.1, -0.05) is 36.4 Å². The van der Waals surface area contributed by atoms with Gasteiger partial charge in [0.2, 0.25) is 0 Å². The van der Waals surface area contributed by atoms with Crippen LogP contribution in [0.2, 0.25) is 0 Å². The molecule has 1 saturated carbocycles. The summed E-state index contributed by atoms with van der Waals surface area (Å²) in [5, 5.41) is 11.2. The van der Waals surface area contributed by atoms with Gasteiger partial charge in [-0.15, -0.1) is 0 Å². The fraction of sp³-hybridized carbons (Fsp3) is 0.552. The van der Waals surface area contributed by atoms with Crippen LogP contribution in [0.15, 0.2) is 54.6 Å². The second kappa shape index (κ2) is 8.18. The highest BCUT2D eigenvalue weighted by atomic mass is 16.1. The number of carbonyl (C=O) groups is 1. The molecular weight excluding hydrogens is 420 g/mol. The molecule has 5 nitrogen and oxygen atoms in total. The number of rotatable bonds is 1. The number of Topliss-reactive ketones (excluding diaryl/α,β-unsaturated/α-hetero) is 1. The van der Waals surface area contributed by atoms with Crippen molar-refractivity contribution >= 4 is 17.2 Å². The first-order valence-electron chi connectivity index (χ1n) is 13.4. The molecule has 6 unspecified atom stereocenters. The zero-order valence-electron chi connectivity index (χ0n) is 19.9. The number of ketones is 1. The van der Waals surface area contributed by atoms with E-state index >= 15 is 0 Å². The highest BCUT2D eigenvalue weighted by molar-refractivity contribution is 5.87. The summed E-state index contributed by atoms with van der Waals surface area (Å²) in [4.78, 5) is 16.5. The average molecular weight is 457 g/mol. The Labute approximate surface area is 202 Å². The largest absolute Gasteiger partial charge is 0.325 e. The molecule has 1 spiro atoms. The van der Waals surface area contributed by atoms with Crippen molar-refractivity contribution in [1.29, 1.82) is 0 Å². The minimum Gasteiger partial charge on any atom is -0.325 e. The lowest BCUT2D eigenvalue weighted by atomic mass is 9.42. The Kier molecular flexibility index (Phi) is 5.08. The van der Waals surface area contributed by atoms with Crippen LogP contribution in [0, 0.1) is 29.6 Å². The lowest BCUT2D eigenvalue weighted by Gasteiger charge is -2.66. The van der Waals surface area contributed by atoms with Crippen molar-refractivity contribution in [1.82, 2.24) is 16.0 Å². The molecule has 4 heterocycles. The zero-order chi connectivity index (χ0) is 22.7. The lowest BCUT2D eigenvalue weighted by molar-refractivity contribution is -0.149. The van der Waals surface area contributed by atoms with Crippen molar-refractivity contribution in [2.75, 3.05) is 37.6 Å². The smallest absolute Gasteiger partial charge is 0.142 e. The molecule has 0 aromatic heterocycles. The average Bonchev–Trinajstić information content (AvgIpc) is 2.91. The van der Waals surface area contributed by atoms with E-state index in [4.69, 9.17) is 0 Å². The van der Waals surface area contributed by atoms with Crippen LogP contribution in [0.1, 0.15) is 31.2 Å². The standard InChI is InChI=1S/C29H36N4O/c34-27-20-17-30-15-12-22(20)29(23-13-16-31-18-21(23)27)24-9-4-5-11-26(24)33(19-7-2-1-3-8-19)28-25(29)10-6-14-32-28/h1-5,7-9,11,20-23,25,28,30-32H,6,10,12-18H2. The number of anilines is 2. The summed E-state index contributed by atoms with van der Waals surface area (Å²) in [6.07, 6.45) is 4.93. The molecule has 2 aromatic carbocycles. The predicted octanol–water partition coefficient (Wildman–Crippen LogP) is 3.44. The Hall–Kier alpha value is -2.21. The summed E-state index contributed by atoms with van der Waals surface area (Å²) in [5.41, 5.74) is 4.19. The van der Waals surface area contributed by atoms with Crippen molar-refractivity contribution in [3.63, 3.8) is 0 Å². The van der Waals surface area contributed by atoms with Crippen molar-refractivity contribution in [2.24, 2.45) is 29.6 Å². The molecule has 0 bridgehead atoms. The molecular formula is C29H36N4O. The Morgan fingerprint density at radius 3 is 2.18 bits per heavy atom.